The van der Waals surface area contributed by atoms with Crippen molar-refractivity contribution in [3.63, 3.8) is 0 Å². The molecule has 1 aliphatic carbocycles. The predicted molar refractivity (Wildman–Crippen MR) is 75.5 cm³/mol. The lowest BCUT2D eigenvalue weighted by molar-refractivity contribution is 0.103. The van der Waals surface area contributed by atoms with Crippen molar-refractivity contribution < 1.29 is 4.79 Å². The van der Waals surface area contributed by atoms with Crippen molar-refractivity contribution in [2.24, 2.45) is 5.73 Å². The fraction of sp³-hybridized carbons (Fsp3) is 0.400. The van der Waals surface area contributed by atoms with Gasteiger partial charge < -0.3 is 5.73 Å². The number of hydrogen-bond acceptors (Lipinski definition) is 4. The van der Waals surface area contributed by atoms with Gasteiger partial charge in [-0.25, -0.2) is 0 Å². The van der Waals surface area contributed by atoms with Gasteiger partial charge in [0.05, 0.1) is 12.7 Å². The molecule has 0 unspecified atom stereocenters. The molecule has 1 fully saturated rings. The Balaban J connectivity index is 1.81. The van der Waals surface area contributed by atoms with Gasteiger partial charge in [0.25, 0.3) is 0 Å². The van der Waals surface area contributed by atoms with E-state index in [1.54, 1.807) is 10.9 Å². The molecule has 0 radical (unpaired) electrons. The molecule has 1 aromatic carbocycles. The molecule has 5 nitrogen and oxygen atoms in total. The van der Waals surface area contributed by atoms with Crippen molar-refractivity contribution in [2.75, 3.05) is 6.54 Å². The fourth-order valence-electron chi connectivity index (χ4n) is 2.47. The van der Waals surface area contributed by atoms with Gasteiger partial charge in [-0.3, -0.25) is 9.48 Å². The van der Waals surface area contributed by atoms with Crippen molar-refractivity contribution in [2.45, 2.75) is 31.7 Å². The molecule has 5 heteroatoms. The van der Waals surface area contributed by atoms with E-state index < -0.39 is 0 Å². The van der Waals surface area contributed by atoms with E-state index in [0.717, 1.165) is 0 Å². The number of carbonyl (C=O) groups excluding carboxylic acids is 1. The molecule has 0 spiro atoms. The highest BCUT2D eigenvalue weighted by molar-refractivity contribution is 6.07. The molecular formula is C15H18N4O. The van der Waals surface area contributed by atoms with Gasteiger partial charge in [0.15, 0.2) is 5.69 Å². The van der Waals surface area contributed by atoms with Crippen LogP contribution in [0.15, 0.2) is 30.5 Å². The van der Waals surface area contributed by atoms with Crippen LogP contribution >= 0.6 is 0 Å². The maximum Gasteiger partial charge on any atom is 0.214 e. The van der Waals surface area contributed by atoms with E-state index in [1.807, 2.05) is 18.2 Å². The van der Waals surface area contributed by atoms with Crippen LogP contribution in [-0.2, 0) is 6.54 Å². The van der Waals surface area contributed by atoms with Gasteiger partial charge >= 0.3 is 0 Å². The van der Waals surface area contributed by atoms with Gasteiger partial charge in [-0.1, -0.05) is 29.8 Å². The minimum Gasteiger partial charge on any atom is -0.329 e. The highest BCUT2D eigenvalue weighted by Crippen LogP contribution is 2.36. The van der Waals surface area contributed by atoms with Crippen LogP contribution < -0.4 is 5.73 Å². The molecular weight excluding hydrogens is 252 g/mol. The van der Waals surface area contributed by atoms with E-state index >= 15 is 0 Å². The highest BCUT2D eigenvalue weighted by Gasteiger charge is 2.21. The topological polar surface area (TPSA) is 73.8 Å². The number of carbonyl (C=O) groups is 1. The normalized spacial score (nSPS) is 15.1. The Kier molecular flexibility index (Phi) is 3.60. The molecule has 0 atom stereocenters. The van der Waals surface area contributed by atoms with Crippen molar-refractivity contribution in [3.8, 4) is 0 Å². The first-order chi connectivity index (χ1) is 9.78. The number of rotatable bonds is 5. The van der Waals surface area contributed by atoms with Crippen LogP contribution in [0.2, 0.25) is 0 Å². The first-order valence-corrected chi connectivity index (χ1v) is 7.03. The maximum absolute atomic E-state index is 12.4. The summed E-state index contributed by atoms with van der Waals surface area (Å²) >= 11 is 0. The minimum absolute atomic E-state index is 0.0746. The van der Waals surface area contributed by atoms with Gasteiger partial charge in [-0.2, -0.15) is 0 Å². The third-order valence-electron chi connectivity index (χ3n) is 3.85. The Morgan fingerprint density at radius 1 is 1.40 bits per heavy atom. The van der Waals surface area contributed by atoms with Crippen LogP contribution in [0.5, 0.6) is 0 Å². The average Bonchev–Trinajstić information content (AvgIpc) is 2.85. The summed E-state index contributed by atoms with van der Waals surface area (Å²) in [5.41, 5.74) is 7.79. The van der Waals surface area contributed by atoms with E-state index in [2.05, 4.69) is 16.4 Å². The summed E-state index contributed by atoms with van der Waals surface area (Å²) < 4.78 is 1.60. The summed E-state index contributed by atoms with van der Waals surface area (Å²) in [4.78, 5) is 12.4. The number of nitrogens with two attached hydrogens (primary N) is 1. The number of hydrogen-bond donors (Lipinski definition) is 1. The standard InChI is InChI=1S/C15H18N4O/c16-7-8-19-10-14(17-18-19)15(20)13-6-2-5-12(9-13)11-3-1-4-11/h2,5-6,9-11H,1,3-4,7-8,16H2. The van der Waals surface area contributed by atoms with E-state index in [4.69, 9.17) is 5.73 Å². The van der Waals surface area contributed by atoms with Gasteiger partial charge in [-0.15, -0.1) is 5.10 Å². The molecule has 3 rings (SSSR count). The first-order valence-electron chi connectivity index (χ1n) is 7.03. The summed E-state index contributed by atoms with van der Waals surface area (Å²) in [6.07, 6.45) is 5.40. The molecule has 2 aromatic rings. The monoisotopic (exact) mass is 270 g/mol. The molecule has 0 aliphatic heterocycles. The van der Waals surface area contributed by atoms with Crippen LogP contribution in [0.3, 0.4) is 0 Å². The Morgan fingerprint density at radius 3 is 2.95 bits per heavy atom. The van der Waals surface area contributed by atoms with Crippen molar-refractivity contribution in [1.82, 2.24) is 15.0 Å². The van der Waals surface area contributed by atoms with Crippen molar-refractivity contribution in [1.29, 1.82) is 0 Å². The summed E-state index contributed by atoms with van der Waals surface area (Å²) in [5.74, 6) is 0.546. The van der Waals surface area contributed by atoms with Gasteiger partial charge in [0.1, 0.15) is 0 Å². The molecule has 0 bridgehead atoms. The second-order valence-corrected chi connectivity index (χ2v) is 5.24. The number of aromatic nitrogens is 3. The molecule has 2 N–H and O–H groups in total. The molecule has 1 aliphatic rings. The molecule has 1 heterocycles. The fourth-order valence-corrected chi connectivity index (χ4v) is 2.47. The molecule has 1 saturated carbocycles. The lowest BCUT2D eigenvalue weighted by Crippen LogP contribution is -2.10. The smallest absolute Gasteiger partial charge is 0.214 e. The Hall–Kier alpha value is -2.01. The summed E-state index contributed by atoms with van der Waals surface area (Å²) in [6.45, 7) is 1.05. The zero-order valence-corrected chi connectivity index (χ0v) is 11.3. The molecule has 104 valence electrons. The average molecular weight is 270 g/mol. The maximum atomic E-state index is 12.4. The molecule has 0 amide bonds. The number of benzene rings is 1. The summed E-state index contributed by atoms with van der Waals surface area (Å²) in [7, 11) is 0. The molecule has 0 saturated heterocycles. The zero-order valence-electron chi connectivity index (χ0n) is 11.3. The zero-order chi connectivity index (χ0) is 13.9. The lowest BCUT2D eigenvalue weighted by atomic mass is 9.79. The van der Waals surface area contributed by atoms with E-state index in [-0.39, 0.29) is 5.78 Å². The predicted octanol–water partition coefficient (Wildman–Crippen LogP) is 1.74. The highest BCUT2D eigenvalue weighted by atomic mass is 16.1. The second kappa shape index (κ2) is 5.54. The van der Waals surface area contributed by atoms with Crippen LogP contribution in [0.1, 0.15) is 46.8 Å². The van der Waals surface area contributed by atoms with Crippen LogP contribution in [0.25, 0.3) is 0 Å². The van der Waals surface area contributed by atoms with Crippen LogP contribution in [0, 0.1) is 0 Å². The largest absolute Gasteiger partial charge is 0.329 e. The van der Waals surface area contributed by atoms with Crippen molar-refractivity contribution in [3.05, 3.63) is 47.3 Å². The third-order valence-corrected chi connectivity index (χ3v) is 3.85. The van der Waals surface area contributed by atoms with Crippen LogP contribution in [-0.4, -0.2) is 27.3 Å². The van der Waals surface area contributed by atoms with E-state index in [1.165, 1.54) is 24.8 Å². The first kappa shape index (κ1) is 13.0. The minimum atomic E-state index is -0.0746. The van der Waals surface area contributed by atoms with Crippen LogP contribution in [0.4, 0.5) is 0 Å². The SMILES string of the molecule is NCCn1cc(C(=O)c2cccc(C3CCC3)c2)nn1. The number of nitrogens with zero attached hydrogens (tertiary/aromatic N) is 3. The summed E-state index contributed by atoms with van der Waals surface area (Å²) in [6, 6.07) is 7.89. The van der Waals surface area contributed by atoms with E-state index in [0.29, 0.717) is 30.3 Å². The van der Waals surface area contributed by atoms with Crippen molar-refractivity contribution >= 4 is 5.78 Å². The van der Waals surface area contributed by atoms with E-state index in [9.17, 15) is 4.79 Å². The summed E-state index contributed by atoms with van der Waals surface area (Å²) in [5, 5.41) is 7.83. The van der Waals surface area contributed by atoms with Gasteiger partial charge in [-0.05, 0) is 30.4 Å². The second-order valence-electron chi connectivity index (χ2n) is 5.24. The van der Waals surface area contributed by atoms with Gasteiger partial charge in [0, 0.05) is 12.1 Å². The Bertz CT molecular complexity index is 616. The third kappa shape index (κ3) is 2.49. The Morgan fingerprint density at radius 2 is 2.25 bits per heavy atom. The number of ketones is 1. The van der Waals surface area contributed by atoms with Gasteiger partial charge in [0.2, 0.25) is 5.78 Å². The molecule has 20 heavy (non-hydrogen) atoms. The molecule has 1 aromatic heterocycles. The Labute approximate surface area is 117 Å². The lowest BCUT2D eigenvalue weighted by Gasteiger charge is -2.25. The quantitative estimate of drug-likeness (QED) is 0.840.